The third-order valence-corrected chi connectivity index (χ3v) is 3.28. The molecule has 2 rings (SSSR count). The number of methoxy groups -OCH3 is 1. The van der Waals surface area contributed by atoms with Gasteiger partial charge in [-0.15, -0.1) is 0 Å². The zero-order chi connectivity index (χ0) is 15.8. The first-order chi connectivity index (χ1) is 10.7. The SMILES string of the molecule is CCc1ccc(OC[C@H](O)COc2ccc(OC)cc2)cc1. The van der Waals surface area contributed by atoms with E-state index >= 15 is 0 Å². The van der Waals surface area contributed by atoms with Gasteiger partial charge in [0.05, 0.1) is 7.11 Å². The number of aliphatic hydroxyl groups excluding tert-OH is 1. The van der Waals surface area contributed by atoms with Gasteiger partial charge >= 0.3 is 0 Å². The van der Waals surface area contributed by atoms with Crippen LogP contribution in [0.1, 0.15) is 12.5 Å². The third kappa shape index (κ3) is 4.97. The van der Waals surface area contributed by atoms with E-state index in [0.717, 1.165) is 17.9 Å². The van der Waals surface area contributed by atoms with Crippen LogP contribution < -0.4 is 14.2 Å². The van der Waals surface area contributed by atoms with Gasteiger partial charge in [-0.3, -0.25) is 0 Å². The predicted molar refractivity (Wildman–Crippen MR) is 85.8 cm³/mol. The molecule has 0 amide bonds. The Bertz CT molecular complexity index is 497. The zero-order valence-electron chi connectivity index (χ0n) is 13.0. The van der Waals surface area contributed by atoms with Gasteiger partial charge in [0.15, 0.2) is 0 Å². The van der Waals surface area contributed by atoms with Gasteiger partial charge in [-0.25, -0.2) is 0 Å². The van der Waals surface area contributed by atoms with E-state index in [1.54, 1.807) is 19.2 Å². The summed E-state index contributed by atoms with van der Waals surface area (Å²) in [5.74, 6) is 2.21. The quantitative estimate of drug-likeness (QED) is 0.814. The molecule has 1 atom stereocenters. The Morgan fingerprint density at radius 2 is 1.27 bits per heavy atom. The van der Waals surface area contributed by atoms with Gasteiger partial charge in [0, 0.05) is 0 Å². The molecule has 0 bridgehead atoms. The van der Waals surface area contributed by atoms with E-state index in [4.69, 9.17) is 14.2 Å². The van der Waals surface area contributed by atoms with Crippen LogP contribution in [0.4, 0.5) is 0 Å². The standard InChI is InChI=1S/C18H22O4/c1-3-14-4-6-17(7-5-14)21-12-15(19)13-22-18-10-8-16(20-2)9-11-18/h4-11,15,19H,3,12-13H2,1-2H3/t15-/m0/s1. The Labute approximate surface area is 131 Å². The topological polar surface area (TPSA) is 47.9 Å². The zero-order valence-corrected chi connectivity index (χ0v) is 13.0. The molecule has 0 spiro atoms. The Balaban J connectivity index is 1.73. The van der Waals surface area contributed by atoms with Crippen LogP contribution in [0, 0.1) is 0 Å². The normalized spacial score (nSPS) is 11.8. The van der Waals surface area contributed by atoms with Crippen molar-refractivity contribution in [3.63, 3.8) is 0 Å². The number of ether oxygens (including phenoxy) is 3. The molecule has 0 saturated heterocycles. The van der Waals surface area contributed by atoms with Crippen LogP contribution >= 0.6 is 0 Å². The minimum absolute atomic E-state index is 0.180. The van der Waals surface area contributed by atoms with Crippen LogP contribution in [0.5, 0.6) is 17.2 Å². The van der Waals surface area contributed by atoms with Gasteiger partial charge in [-0.2, -0.15) is 0 Å². The Morgan fingerprint density at radius 3 is 1.73 bits per heavy atom. The summed E-state index contributed by atoms with van der Waals surface area (Å²) >= 11 is 0. The maximum absolute atomic E-state index is 9.90. The van der Waals surface area contributed by atoms with Crippen LogP contribution in [0.2, 0.25) is 0 Å². The molecule has 0 radical (unpaired) electrons. The van der Waals surface area contributed by atoms with Crippen molar-refractivity contribution in [2.45, 2.75) is 19.4 Å². The summed E-state index contributed by atoms with van der Waals surface area (Å²) in [6.45, 7) is 2.48. The molecule has 4 heteroatoms. The largest absolute Gasteiger partial charge is 0.497 e. The average molecular weight is 302 g/mol. The molecular weight excluding hydrogens is 280 g/mol. The maximum atomic E-state index is 9.90. The highest BCUT2D eigenvalue weighted by Crippen LogP contribution is 2.17. The van der Waals surface area contributed by atoms with Gasteiger partial charge in [0.25, 0.3) is 0 Å². The van der Waals surface area contributed by atoms with Crippen molar-refractivity contribution in [3.8, 4) is 17.2 Å². The van der Waals surface area contributed by atoms with E-state index in [0.29, 0.717) is 5.75 Å². The van der Waals surface area contributed by atoms with E-state index in [9.17, 15) is 5.11 Å². The van der Waals surface area contributed by atoms with Crippen LogP contribution in [0.15, 0.2) is 48.5 Å². The smallest absolute Gasteiger partial charge is 0.122 e. The lowest BCUT2D eigenvalue weighted by Crippen LogP contribution is -2.25. The maximum Gasteiger partial charge on any atom is 0.122 e. The molecule has 0 aliphatic carbocycles. The van der Waals surface area contributed by atoms with E-state index in [1.165, 1.54) is 5.56 Å². The van der Waals surface area contributed by atoms with Gasteiger partial charge < -0.3 is 19.3 Å². The summed E-state index contributed by atoms with van der Waals surface area (Å²) < 4.78 is 16.1. The Kier molecular flexibility index (Phi) is 6.10. The molecule has 118 valence electrons. The summed E-state index contributed by atoms with van der Waals surface area (Å²) in [5.41, 5.74) is 1.26. The fourth-order valence-electron chi connectivity index (χ4n) is 1.93. The monoisotopic (exact) mass is 302 g/mol. The minimum atomic E-state index is -0.687. The molecule has 0 unspecified atom stereocenters. The molecule has 0 fully saturated rings. The summed E-state index contributed by atoms with van der Waals surface area (Å²) in [4.78, 5) is 0. The van der Waals surface area contributed by atoms with Crippen molar-refractivity contribution in [2.24, 2.45) is 0 Å². The van der Waals surface area contributed by atoms with Crippen molar-refractivity contribution < 1.29 is 19.3 Å². The number of aryl methyl sites for hydroxylation is 1. The van der Waals surface area contributed by atoms with Crippen LogP contribution in [-0.2, 0) is 6.42 Å². The molecule has 22 heavy (non-hydrogen) atoms. The summed E-state index contributed by atoms with van der Waals surface area (Å²) in [5, 5.41) is 9.90. The second-order valence-corrected chi connectivity index (χ2v) is 4.95. The molecular formula is C18H22O4. The molecule has 0 heterocycles. The highest BCUT2D eigenvalue weighted by Gasteiger charge is 2.07. The van der Waals surface area contributed by atoms with E-state index in [1.807, 2.05) is 36.4 Å². The molecule has 0 aliphatic rings. The second kappa shape index (κ2) is 8.29. The molecule has 1 N–H and O–H groups in total. The van der Waals surface area contributed by atoms with E-state index in [2.05, 4.69) is 6.92 Å². The first-order valence-electron chi connectivity index (χ1n) is 7.38. The first kappa shape index (κ1) is 16.2. The predicted octanol–water partition coefficient (Wildman–Crippen LogP) is 3.08. The molecule has 0 aromatic heterocycles. The van der Waals surface area contributed by atoms with Crippen molar-refractivity contribution >= 4 is 0 Å². The van der Waals surface area contributed by atoms with Gasteiger partial charge in [0.1, 0.15) is 36.6 Å². The molecule has 0 saturated carbocycles. The number of rotatable bonds is 8. The summed E-state index contributed by atoms with van der Waals surface area (Å²) in [6, 6.07) is 15.1. The number of hydrogen-bond acceptors (Lipinski definition) is 4. The van der Waals surface area contributed by atoms with Gasteiger partial charge in [-0.1, -0.05) is 19.1 Å². The summed E-state index contributed by atoms with van der Waals surface area (Å²) in [7, 11) is 1.62. The van der Waals surface area contributed by atoms with Crippen molar-refractivity contribution in [3.05, 3.63) is 54.1 Å². The number of benzene rings is 2. The highest BCUT2D eigenvalue weighted by atomic mass is 16.5. The van der Waals surface area contributed by atoms with Crippen molar-refractivity contribution in [1.82, 2.24) is 0 Å². The Hall–Kier alpha value is -2.20. The fourth-order valence-corrected chi connectivity index (χ4v) is 1.93. The number of hydrogen-bond donors (Lipinski definition) is 1. The van der Waals surface area contributed by atoms with Crippen LogP contribution in [-0.4, -0.2) is 31.5 Å². The highest BCUT2D eigenvalue weighted by molar-refractivity contribution is 5.31. The molecule has 2 aromatic carbocycles. The molecule has 2 aromatic rings. The average Bonchev–Trinajstić information content (AvgIpc) is 2.59. The third-order valence-electron chi connectivity index (χ3n) is 3.28. The lowest BCUT2D eigenvalue weighted by Gasteiger charge is -2.14. The second-order valence-electron chi connectivity index (χ2n) is 4.95. The lowest BCUT2D eigenvalue weighted by molar-refractivity contribution is 0.0626. The minimum Gasteiger partial charge on any atom is -0.497 e. The van der Waals surface area contributed by atoms with Crippen molar-refractivity contribution in [2.75, 3.05) is 20.3 Å². The number of aliphatic hydroxyl groups is 1. The van der Waals surface area contributed by atoms with Crippen LogP contribution in [0.3, 0.4) is 0 Å². The van der Waals surface area contributed by atoms with E-state index in [-0.39, 0.29) is 13.2 Å². The van der Waals surface area contributed by atoms with Gasteiger partial charge in [-0.05, 0) is 48.4 Å². The molecule has 4 nitrogen and oxygen atoms in total. The van der Waals surface area contributed by atoms with Gasteiger partial charge in [0.2, 0.25) is 0 Å². The fraction of sp³-hybridized carbons (Fsp3) is 0.333. The van der Waals surface area contributed by atoms with Crippen LogP contribution in [0.25, 0.3) is 0 Å². The first-order valence-corrected chi connectivity index (χ1v) is 7.38. The lowest BCUT2D eigenvalue weighted by atomic mass is 10.2. The van der Waals surface area contributed by atoms with Crippen molar-refractivity contribution in [1.29, 1.82) is 0 Å². The summed E-state index contributed by atoms with van der Waals surface area (Å²) in [6.07, 6.45) is 0.312. The van der Waals surface area contributed by atoms with E-state index < -0.39 is 6.10 Å². The molecule has 0 aliphatic heterocycles. The Morgan fingerprint density at radius 1 is 0.818 bits per heavy atom.